The van der Waals surface area contributed by atoms with E-state index in [1.54, 1.807) is 0 Å². The molecule has 0 radical (unpaired) electrons. The third kappa shape index (κ3) is 4.31. The van der Waals surface area contributed by atoms with Crippen molar-refractivity contribution in [1.82, 2.24) is 5.32 Å². The quantitative estimate of drug-likeness (QED) is 0.876. The molecule has 0 bridgehead atoms. The molecule has 0 spiro atoms. The van der Waals surface area contributed by atoms with Gasteiger partial charge in [0.25, 0.3) is 0 Å². The molecule has 0 aliphatic carbocycles. The summed E-state index contributed by atoms with van der Waals surface area (Å²) in [4.78, 5) is 0. The Hall–Kier alpha value is -1.84. The molecule has 21 heavy (non-hydrogen) atoms. The summed E-state index contributed by atoms with van der Waals surface area (Å²) in [5.74, 6) is 1.74. The minimum Gasteiger partial charge on any atom is -0.457 e. The Morgan fingerprint density at radius 1 is 1.05 bits per heavy atom. The van der Waals surface area contributed by atoms with Gasteiger partial charge in [-0.3, -0.25) is 0 Å². The summed E-state index contributed by atoms with van der Waals surface area (Å²) in [5.41, 5.74) is 1.22. The van der Waals surface area contributed by atoms with E-state index in [1.165, 1.54) is 18.4 Å². The molecule has 2 aromatic rings. The van der Waals surface area contributed by atoms with Crippen molar-refractivity contribution in [2.45, 2.75) is 25.5 Å². The molecule has 1 aliphatic rings. The monoisotopic (exact) mass is 283 g/mol. The lowest BCUT2D eigenvalue weighted by Gasteiger charge is -2.11. The van der Waals surface area contributed by atoms with Gasteiger partial charge in [0.05, 0.1) is 6.10 Å². The molecule has 1 fully saturated rings. The SMILES string of the molecule is c1ccc(Oc2cccc(CNC[C@@H]3CCCO3)c2)cc1. The Morgan fingerprint density at radius 3 is 2.71 bits per heavy atom. The van der Waals surface area contributed by atoms with Crippen molar-refractivity contribution in [1.29, 1.82) is 0 Å². The third-order valence-corrected chi connectivity index (χ3v) is 3.60. The van der Waals surface area contributed by atoms with Gasteiger partial charge in [0, 0.05) is 19.7 Å². The van der Waals surface area contributed by atoms with E-state index < -0.39 is 0 Å². The van der Waals surface area contributed by atoms with Crippen LogP contribution in [0.3, 0.4) is 0 Å². The molecule has 2 aromatic carbocycles. The first kappa shape index (κ1) is 14.1. The fraction of sp³-hybridized carbons (Fsp3) is 0.333. The number of hydrogen-bond donors (Lipinski definition) is 1. The van der Waals surface area contributed by atoms with E-state index in [2.05, 4.69) is 17.4 Å². The second-order valence-electron chi connectivity index (χ2n) is 5.33. The van der Waals surface area contributed by atoms with Gasteiger partial charge in [-0.2, -0.15) is 0 Å². The van der Waals surface area contributed by atoms with E-state index in [0.717, 1.165) is 31.2 Å². The normalized spacial score (nSPS) is 17.8. The van der Waals surface area contributed by atoms with E-state index in [9.17, 15) is 0 Å². The molecule has 1 N–H and O–H groups in total. The number of para-hydroxylation sites is 1. The predicted molar refractivity (Wildman–Crippen MR) is 83.6 cm³/mol. The highest BCUT2D eigenvalue weighted by molar-refractivity contribution is 5.33. The lowest BCUT2D eigenvalue weighted by atomic mass is 10.2. The van der Waals surface area contributed by atoms with Crippen molar-refractivity contribution in [3.05, 3.63) is 60.2 Å². The van der Waals surface area contributed by atoms with E-state index in [-0.39, 0.29) is 0 Å². The highest BCUT2D eigenvalue weighted by Crippen LogP contribution is 2.21. The molecule has 0 amide bonds. The van der Waals surface area contributed by atoms with Crippen molar-refractivity contribution in [3.8, 4) is 11.5 Å². The van der Waals surface area contributed by atoms with E-state index in [1.807, 2.05) is 42.5 Å². The Balaban J connectivity index is 1.53. The van der Waals surface area contributed by atoms with Crippen LogP contribution in [0.2, 0.25) is 0 Å². The number of ether oxygens (including phenoxy) is 2. The van der Waals surface area contributed by atoms with E-state index in [4.69, 9.17) is 9.47 Å². The topological polar surface area (TPSA) is 30.5 Å². The van der Waals surface area contributed by atoms with Crippen LogP contribution in [0, 0.1) is 0 Å². The molecule has 0 unspecified atom stereocenters. The van der Waals surface area contributed by atoms with Crippen LogP contribution in [-0.4, -0.2) is 19.3 Å². The molecule has 3 rings (SSSR count). The van der Waals surface area contributed by atoms with Crippen LogP contribution in [0.5, 0.6) is 11.5 Å². The van der Waals surface area contributed by atoms with Gasteiger partial charge in [0.15, 0.2) is 0 Å². The van der Waals surface area contributed by atoms with Gasteiger partial charge >= 0.3 is 0 Å². The van der Waals surface area contributed by atoms with Crippen molar-refractivity contribution in [3.63, 3.8) is 0 Å². The predicted octanol–water partition coefficient (Wildman–Crippen LogP) is 3.75. The zero-order valence-corrected chi connectivity index (χ0v) is 12.1. The molecule has 1 atom stereocenters. The molecule has 0 saturated carbocycles. The summed E-state index contributed by atoms with van der Waals surface area (Å²) < 4.78 is 11.5. The van der Waals surface area contributed by atoms with Gasteiger partial charge in [-0.05, 0) is 42.7 Å². The second-order valence-corrected chi connectivity index (χ2v) is 5.33. The van der Waals surface area contributed by atoms with Crippen molar-refractivity contribution < 1.29 is 9.47 Å². The smallest absolute Gasteiger partial charge is 0.127 e. The van der Waals surface area contributed by atoms with Crippen LogP contribution in [0.15, 0.2) is 54.6 Å². The van der Waals surface area contributed by atoms with Crippen molar-refractivity contribution in [2.75, 3.05) is 13.2 Å². The van der Waals surface area contributed by atoms with Crippen LogP contribution < -0.4 is 10.1 Å². The molecule has 0 aromatic heterocycles. The molecule has 1 saturated heterocycles. The Kier molecular flexibility index (Phi) is 4.87. The van der Waals surface area contributed by atoms with Crippen molar-refractivity contribution >= 4 is 0 Å². The summed E-state index contributed by atoms with van der Waals surface area (Å²) in [5, 5.41) is 3.45. The largest absolute Gasteiger partial charge is 0.457 e. The molecule has 3 nitrogen and oxygen atoms in total. The zero-order chi connectivity index (χ0) is 14.3. The minimum absolute atomic E-state index is 0.383. The minimum atomic E-state index is 0.383. The number of nitrogens with one attached hydrogen (secondary N) is 1. The Morgan fingerprint density at radius 2 is 1.90 bits per heavy atom. The highest BCUT2D eigenvalue weighted by atomic mass is 16.5. The fourth-order valence-electron chi connectivity index (χ4n) is 2.53. The molecule has 110 valence electrons. The lowest BCUT2D eigenvalue weighted by Crippen LogP contribution is -2.25. The molecule has 3 heteroatoms. The average Bonchev–Trinajstić information content (AvgIpc) is 3.02. The first-order chi connectivity index (χ1) is 10.4. The molecule has 1 heterocycles. The average molecular weight is 283 g/mol. The van der Waals surface area contributed by atoms with Gasteiger partial charge in [-0.1, -0.05) is 30.3 Å². The maximum Gasteiger partial charge on any atom is 0.127 e. The fourth-order valence-corrected chi connectivity index (χ4v) is 2.53. The first-order valence-electron chi connectivity index (χ1n) is 7.54. The summed E-state index contributed by atoms with van der Waals surface area (Å²) in [6.07, 6.45) is 2.74. The van der Waals surface area contributed by atoms with Gasteiger partial charge < -0.3 is 14.8 Å². The molecular formula is C18H21NO2. The van der Waals surface area contributed by atoms with Crippen LogP contribution in [0.25, 0.3) is 0 Å². The van der Waals surface area contributed by atoms with Gasteiger partial charge in [-0.15, -0.1) is 0 Å². The van der Waals surface area contributed by atoms with Gasteiger partial charge in [-0.25, -0.2) is 0 Å². The van der Waals surface area contributed by atoms with Gasteiger partial charge in [0.1, 0.15) is 11.5 Å². The first-order valence-corrected chi connectivity index (χ1v) is 7.54. The maximum atomic E-state index is 5.85. The standard InChI is InChI=1S/C18H21NO2/c1-2-7-16(8-3-1)21-17-9-4-6-15(12-17)13-19-14-18-10-5-11-20-18/h1-4,6-9,12,18-19H,5,10-11,13-14H2/t18-/m0/s1. The zero-order valence-electron chi connectivity index (χ0n) is 12.1. The van der Waals surface area contributed by atoms with Crippen LogP contribution in [-0.2, 0) is 11.3 Å². The molecular weight excluding hydrogens is 262 g/mol. The Labute approximate surface area is 125 Å². The summed E-state index contributed by atoms with van der Waals surface area (Å²) in [6.45, 7) is 2.67. The van der Waals surface area contributed by atoms with Crippen LogP contribution in [0.4, 0.5) is 0 Å². The number of rotatable bonds is 6. The van der Waals surface area contributed by atoms with Crippen molar-refractivity contribution in [2.24, 2.45) is 0 Å². The van der Waals surface area contributed by atoms with Crippen LogP contribution >= 0.6 is 0 Å². The Bertz CT molecular complexity index is 550. The second kappa shape index (κ2) is 7.25. The highest BCUT2D eigenvalue weighted by Gasteiger charge is 2.14. The number of hydrogen-bond acceptors (Lipinski definition) is 3. The summed E-state index contributed by atoms with van der Waals surface area (Å²) in [6, 6.07) is 18.1. The maximum absolute atomic E-state index is 5.85. The lowest BCUT2D eigenvalue weighted by molar-refractivity contribution is 0.110. The van der Waals surface area contributed by atoms with Gasteiger partial charge in [0.2, 0.25) is 0 Å². The third-order valence-electron chi connectivity index (χ3n) is 3.60. The van der Waals surface area contributed by atoms with Crippen LogP contribution in [0.1, 0.15) is 18.4 Å². The number of benzene rings is 2. The van der Waals surface area contributed by atoms with E-state index >= 15 is 0 Å². The molecule has 1 aliphatic heterocycles. The van der Waals surface area contributed by atoms with E-state index in [0.29, 0.717) is 6.10 Å². The summed E-state index contributed by atoms with van der Waals surface area (Å²) in [7, 11) is 0. The summed E-state index contributed by atoms with van der Waals surface area (Å²) >= 11 is 0.